The number of unbranched alkanes of at least 4 members (excludes halogenated alkanes) is 1. The standard InChI is InChI=1S/C9H6Br.C9H13.4CH3.2ClH.2H3Si.Zr/c10-9-6-2-4-7-3-1-5-8(7)9;1-2-3-6-9-7-4-5-8-9;;;;;;;;;/h1-6H;4-5,7-8H,2-3,6H2,1H3;4*1H3;2*1H;2*1H3;/p-2. The molecule has 0 spiro atoms. The van der Waals surface area contributed by atoms with Gasteiger partial charge in [0, 0.05) is 0 Å². The zero-order valence-corrected chi connectivity index (χ0v) is 28.1. The zero-order valence-electron chi connectivity index (χ0n) is 18.5. The Morgan fingerprint density at radius 3 is 2.25 bits per heavy atom. The number of fused-ring (bicyclic) bond motifs is 1. The average molecular weight is 600 g/mol. The fourth-order valence-electron chi connectivity index (χ4n) is 5.46. The summed E-state index contributed by atoms with van der Waals surface area (Å²) in [6, 6.07) is 6.81. The normalized spacial score (nSPS) is 26.1. The maximum atomic E-state index is 3.80. The molecular weight excluding hydrogens is 562 g/mol. The van der Waals surface area contributed by atoms with E-state index in [4.69, 9.17) is 0 Å². The third kappa shape index (κ3) is 4.25. The van der Waals surface area contributed by atoms with Crippen LogP contribution in [0.3, 0.4) is 0 Å². The molecule has 0 amide bonds. The van der Waals surface area contributed by atoms with E-state index >= 15 is 0 Å². The fraction of sp³-hybridized carbons (Fsp3) is 0.455. The second-order valence-electron chi connectivity index (χ2n) is 16.4. The Morgan fingerprint density at radius 1 is 1.00 bits per heavy atom. The maximum absolute atomic E-state index is 4.45. The summed E-state index contributed by atoms with van der Waals surface area (Å²) in [6.45, 7) is 2.29. The first-order valence-electron chi connectivity index (χ1n) is 10.4. The first kappa shape index (κ1) is 26.9. The Morgan fingerprint density at radius 2 is 1.64 bits per heavy atom. The summed E-state index contributed by atoms with van der Waals surface area (Å²) in [5.41, 5.74) is 4.56. The molecule has 28 heavy (non-hydrogen) atoms. The van der Waals surface area contributed by atoms with Gasteiger partial charge in [-0.3, -0.25) is 0 Å². The van der Waals surface area contributed by atoms with E-state index in [-0.39, 0.29) is 24.8 Å². The van der Waals surface area contributed by atoms with E-state index in [2.05, 4.69) is 90.0 Å². The largest absolute Gasteiger partial charge is 1.00 e. The summed E-state index contributed by atoms with van der Waals surface area (Å²) in [4.78, 5) is 0. The van der Waals surface area contributed by atoms with Gasteiger partial charge in [0.05, 0.1) is 0 Å². The van der Waals surface area contributed by atoms with Crippen molar-refractivity contribution in [3.63, 3.8) is 0 Å². The minimum Gasteiger partial charge on any atom is -1.00 e. The third-order valence-electron chi connectivity index (χ3n) is 7.85. The molecule has 0 aliphatic heterocycles. The quantitative estimate of drug-likeness (QED) is 0.420. The van der Waals surface area contributed by atoms with Crippen molar-refractivity contribution in [3.05, 3.63) is 63.7 Å². The van der Waals surface area contributed by atoms with Crippen LogP contribution in [0.5, 0.6) is 0 Å². The minimum atomic E-state index is -4.45. The van der Waals surface area contributed by atoms with Gasteiger partial charge in [-0.2, -0.15) is 0 Å². The molecule has 0 saturated carbocycles. The number of rotatable bonds is 5. The summed E-state index contributed by atoms with van der Waals surface area (Å²) in [7, 11) is 2.52. The molecule has 2 aliphatic carbocycles. The van der Waals surface area contributed by atoms with Crippen LogP contribution in [-0.4, -0.2) is 14.7 Å². The molecule has 0 aromatic heterocycles. The predicted octanol–water partition coefficient (Wildman–Crippen LogP) is 0.0498. The van der Waals surface area contributed by atoms with Crippen molar-refractivity contribution < 1.29 is 37.5 Å². The molecule has 0 N–H and O–H groups in total. The van der Waals surface area contributed by atoms with Crippen molar-refractivity contribution in [2.75, 3.05) is 0 Å². The number of hydrogen-bond acceptors (Lipinski definition) is 0. The molecule has 0 heterocycles. The van der Waals surface area contributed by atoms with Gasteiger partial charge in [-0.15, -0.1) is 0 Å². The fourth-order valence-corrected chi connectivity index (χ4v) is 32.8. The van der Waals surface area contributed by atoms with Crippen LogP contribution in [-0.2, 0) is 12.7 Å². The summed E-state index contributed by atoms with van der Waals surface area (Å²) >= 11 is -0.648. The van der Waals surface area contributed by atoms with Gasteiger partial charge in [-0.05, 0) is 0 Å². The molecule has 6 heteroatoms. The first-order valence-corrected chi connectivity index (χ1v) is 40.6. The zero-order chi connectivity index (χ0) is 19.6. The number of hydrogen-bond donors (Lipinski definition) is 0. The van der Waals surface area contributed by atoms with Gasteiger partial charge in [-0.25, -0.2) is 0 Å². The second kappa shape index (κ2) is 5.98. The predicted molar refractivity (Wildman–Crippen MR) is 130 cm³/mol. The Bertz CT molecular complexity index is 919. The van der Waals surface area contributed by atoms with Gasteiger partial charge in [-0.1, -0.05) is 0 Å². The van der Waals surface area contributed by atoms with Crippen LogP contribution in [0.15, 0.2) is 52.5 Å². The van der Waals surface area contributed by atoms with E-state index in [1.54, 1.807) is 11.1 Å². The molecule has 0 fully saturated rings. The van der Waals surface area contributed by atoms with Gasteiger partial charge in [0.2, 0.25) is 0 Å². The summed E-state index contributed by atoms with van der Waals surface area (Å²) in [6.07, 6.45) is 16.5. The van der Waals surface area contributed by atoms with Gasteiger partial charge in [0.1, 0.15) is 0 Å². The Labute approximate surface area is 188 Å². The van der Waals surface area contributed by atoms with Crippen LogP contribution < -0.4 is 24.8 Å². The molecule has 0 bridgehead atoms. The molecule has 2 atom stereocenters. The maximum Gasteiger partial charge on any atom is -1.00 e. The van der Waals surface area contributed by atoms with E-state index in [0.717, 1.165) is 0 Å². The number of allylic oxidation sites excluding steroid dienone is 5. The Balaban J connectivity index is 0.00000196. The topological polar surface area (TPSA) is 0 Å². The minimum absolute atomic E-state index is 0. The molecule has 3 rings (SSSR count). The van der Waals surface area contributed by atoms with Crippen molar-refractivity contribution >= 4 is 36.7 Å². The number of halogens is 3. The second-order valence-corrected chi connectivity index (χ2v) is 160. The van der Waals surface area contributed by atoms with E-state index in [1.807, 2.05) is 0 Å². The van der Waals surface area contributed by atoms with Crippen LogP contribution in [0.25, 0.3) is 6.08 Å². The molecule has 0 nitrogen and oxygen atoms in total. The van der Waals surface area contributed by atoms with Crippen LogP contribution in [0.2, 0.25) is 22.2 Å². The van der Waals surface area contributed by atoms with Crippen LogP contribution in [0.1, 0.15) is 40.9 Å². The smallest absolute Gasteiger partial charge is 1.00 e. The van der Waals surface area contributed by atoms with Crippen molar-refractivity contribution in [1.29, 1.82) is 0 Å². The Hall–Kier alpha value is 0.817. The molecular formula is C22H37BrCl2Si2Zr-2. The summed E-state index contributed by atoms with van der Waals surface area (Å²) < 4.78 is 13.6. The van der Waals surface area contributed by atoms with Gasteiger partial charge in [0.25, 0.3) is 0 Å². The van der Waals surface area contributed by atoms with Crippen LogP contribution >= 0.6 is 15.9 Å². The van der Waals surface area contributed by atoms with Crippen molar-refractivity contribution in [1.82, 2.24) is 0 Å². The summed E-state index contributed by atoms with van der Waals surface area (Å²) in [5.74, 6) is 0. The van der Waals surface area contributed by atoms with Gasteiger partial charge >= 0.3 is 165 Å². The molecule has 0 saturated heterocycles. The van der Waals surface area contributed by atoms with Crippen molar-refractivity contribution in [3.8, 4) is 0 Å². The van der Waals surface area contributed by atoms with Crippen LogP contribution in [0.4, 0.5) is 0 Å². The van der Waals surface area contributed by atoms with Crippen molar-refractivity contribution in [2.45, 2.75) is 52.0 Å². The number of benzene rings is 1. The average Bonchev–Trinajstić information content (AvgIpc) is 3.12. The summed E-state index contributed by atoms with van der Waals surface area (Å²) in [5, 5.41) is 0. The van der Waals surface area contributed by atoms with E-state index in [0.29, 0.717) is 7.25 Å². The molecule has 160 valence electrons. The van der Waals surface area contributed by atoms with E-state index < -0.39 is 12.7 Å². The first-order chi connectivity index (χ1) is 11.5. The van der Waals surface area contributed by atoms with Gasteiger partial charge < -0.3 is 24.8 Å². The third-order valence-corrected chi connectivity index (χ3v) is 46.7. The molecule has 1 aromatic carbocycles. The molecule has 2 unspecified atom stereocenters. The van der Waals surface area contributed by atoms with E-state index in [1.165, 1.54) is 44.0 Å². The Kier molecular flexibility index (Phi) is 5.74. The monoisotopic (exact) mass is 596 g/mol. The van der Waals surface area contributed by atoms with E-state index in [9.17, 15) is 0 Å². The van der Waals surface area contributed by atoms with Crippen molar-refractivity contribution in [2.24, 2.45) is 0 Å². The van der Waals surface area contributed by atoms with Crippen LogP contribution in [0, 0.1) is 0 Å². The SMILES string of the molecule is CCCCC1=C[CH]([Zr]([CH3])([CH3])([CH3])([CH3])([SiH3])([SiH3])[CH]2C=Cc3c(Br)cccc32)C=C1.[Cl-].[Cl-]. The molecule has 1 aromatic rings. The molecule has 2 aliphatic rings. The molecule has 0 radical (unpaired) electrons. The van der Waals surface area contributed by atoms with Gasteiger partial charge in [0.15, 0.2) is 0 Å².